The first-order valence-electron chi connectivity index (χ1n) is 9.23. The molecule has 0 N–H and O–H groups in total. The number of hydrogen-bond donors (Lipinski definition) is 0. The fourth-order valence-electron chi connectivity index (χ4n) is 3.20. The molecule has 1 aromatic carbocycles. The minimum atomic E-state index is -0.322. The molecule has 1 aromatic rings. The highest BCUT2D eigenvalue weighted by molar-refractivity contribution is 5.13. The summed E-state index contributed by atoms with van der Waals surface area (Å²) in [6.45, 7) is 4.18. The second-order valence-electron chi connectivity index (χ2n) is 6.72. The molecule has 0 heterocycles. The fourth-order valence-corrected chi connectivity index (χ4v) is 3.20. The smallest absolute Gasteiger partial charge is 0.167 e. The van der Waals surface area contributed by atoms with Gasteiger partial charge in [-0.3, -0.25) is 0 Å². The van der Waals surface area contributed by atoms with Crippen molar-refractivity contribution in [2.24, 2.45) is 0 Å². The van der Waals surface area contributed by atoms with Crippen LogP contribution < -0.4 is 0 Å². The van der Waals surface area contributed by atoms with E-state index in [-0.39, 0.29) is 5.79 Å². The Bertz CT molecular complexity index is 432. The molecule has 4 nitrogen and oxygen atoms in total. The van der Waals surface area contributed by atoms with Gasteiger partial charge in [0.1, 0.15) is 0 Å². The van der Waals surface area contributed by atoms with Gasteiger partial charge in [0.05, 0.1) is 13.2 Å². The van der Waals surface area contributed by atoms with Gasteiger partial charge in [-0.25, -0.2) is 0 Å². The van der Waals surface area contributed by atoms with Crippen LogP contribution in [0, 0.1) is 0 Å². The molecular weight excluding hydrogens is 302 g/mol. The van der Waals surface area contributed by atoms with E-state index >= 15 is 0 Å². The van der Waals surface area contributed by atoms with Crippen LogP contribution in [-0.4, -0.2) is 51.1 Å². The van der Waals surface area contributed by atoms with Crippen molar-refractivity contribution >= 4 is 0 Å². The third-order valence-corrected chi connectivity index (χ3v) is 4.77. The Hall–Kier alpha value is -0.940. The van der Waals surface area contributed by atoms with E-state index in [0.29, 0.717) is 6.61 Å². The number of hydrogen-bond acceptors (Lipinski definition) is 4. The summed E-state index contributed by atoms with van der Waals surface area (Å²) in [4.78, 5) is 2.30. The summed E-state index contributed by atoms with van der Waals surface area (Å²) in [5.41, 5.74) is 1.23. The van der Waals surface area contributed by atoms with Gasteiger partial charge in [-0.1, -0.05) is 36.8 Å². The van der Waals surface area contributed by atoms with E-state index in [4.69, 9.17) is 14.2 Å². The largest absolute Gasteiger partial charge is 0.377 e. The molecule has 1 aliphatic carbocycles. The highest BCUT2D eigenvalue weighted by Gasteiger charge is 2.32. The summed E-state index contributed by atoms with van der Waals surface area (Å²) in [6.07, 6.45) is 6.82. The van der Waals surface area contributed by atoms with Gasteiger partial charge in [-0.15, -0.1) is 0 Å². The zero-order chi connectivity index (χ0) is 17.1. The Kier molecular flexibility index (Phi) is 8.75. The minimum Gasteiger partial charge on any atom is -0.377 e. The minimum absolute atomic E-state index is 0.322. The molecule has 0 bridgehead atoms. The van der Waals surface area contributed by atoms with Crippen LogP contribution in [0.1, 0.15) is 44.1 Å². The molecule has 0 amide bonds. The standard InChI is InChI=1S/C20H33NO3/c1-21(14-9-16-23-18-19-10-5-3-6-11-19)15-17-24-20(22-2)12-7-4-8-13-20/h3,5-6,10-11H,4,7-9,12-18H2,1-2H3. The molecule has 0 aliphatic heterocycles. The first-order valence-corrected chi connectivity index (χ1v) is 9.23. The second-order valence-corrected chi connectivity index (χ2v) is 6.72. The predicted molar refractivity (Wildman–Crippen MR) is 97.0 cm³/mol. The Balaban J connectivity index is 1.51. The third-order valence-electron chi connectivity index (χ3n) is 4.77. The molecule has 0 saturated heterocycles. The molecule has 24 heavy (non-hydrogen) atoms. The summed E-state index contributed by atoms with van der Waals surface area (Å²) >= 11 is 0. The first-order chi connectivity index (χ1) is 11.7. The van der Waals surface area contributed by atoms with Crippen molar-refractivity contribution < 1.29 is 14.2 Å². The average molecular weight is 335 g/mol. The van der Waals surface area contributed by atoms with Crippen molar-refractivity contribution in [2.75, 3.05) is 40.5 Å². The van der Waals surface area contributed by atoms with E-state index in [1.54, 1.807) is 7.11 Å². The maximum Gasteiger partial charge on any atom is 0.167 e. The molecule has 0 unspecified atom stereocenters. The van der Waals surface area contributed by atoms with Crippen molar-refractivity contribution in [3.8, 4) is 0 Å². The first kappa shape index (κ1) is 19.4. The zero-order valence-corrected chi connectivity index (χ0v) is 15.3. The Morgan fingerprint density at radius 2 is 1.75 bits per heavy atom. The van der Waals surface area contributed by atoms with Crippen molar-refractivity contribution in [1.82, 2.24) is 4.90 Å². The highest BCUT2D eigenvalue weighted by Crippen LogP contribution is 2.31. The lowest BCUT2D eigenvalue weighted by atomic mass is 9.94. The van der Waals surface area contributed by atoms with Gasteiger partial charge in [0.2, 0.25) is 0 Å². The van der Waals surface area contributed by atoms with E-state index in [2.05, 4.69) is 24.1 Å². The molecule has 136 valence electrons. The van der Waals surface area contributed by atoms with Crippen molar-refractivity contribution in [2.45, 2.75) is 50.9 Å². The predicted octanol–water partition coefficient (Wildman–Crippen LogP) is 3.85. The van der Waals surface area contributed by atoms with Crippen LogP contribution in [-0.2, 0) is 20.8 Å². The molecule has 0 atom stereocenters. The van der Waals surface area contributed by atoms with E-state index in [9.17, 15) is 0 Å². The van der Waals surface area contributed by atoms with E-state index in [1.807, 2.05) is 18.2 Å². The fraction of sp³-hybridized carbons (Fsp3) is 0.700. The lowest BCUT2D eigenvalue weighted by molar-refractivity contribution is -0.239. The molecule has 1 fully saturated rings. The van der Waals surface area contributed by atoms with Crippen molar-refractivity contribution in [1.29, 1.82) is 0 Å². The van der Waals surface area contributed by atoms with Crippen LogP contribution >= 0.6 is 0 Å². The Morgan fingerprint density at radius 1 is 1.00 bits per heavy atom. The molecule has 4 heteroatoms. The highest BCUT2D eigenvalue weighted by atomic mass is 16.7. The molecule has 2 rings (SSSR count). The molecule has 1 saturated carbocycles. The van der Waals surface area contributed by atoms with Gasteiger partial charge >= 0.3 is 0 Å². The van der Waals surface area contributed by atoms with Gasteiger partial charge in [-0.05, 0) is 31.9 Å². The quantitative estimate of drug-likeness (QED) is 0.454. The normalized spacial score (nSPS) is 17.3. The van der Waals surface area contributed by atoms with Crippen LogP contribution in [0.2, 0.25) is 0 Å². The number of ether oxygens (including phenoxy) is 3. The van der Waals surface area contributed by atoms with E-state index in [1.165, 1.54) is 24.8 Å². The van der Waals surface area contributed by atoms with Crippen LogP contribution in [0.25, 0.3) is 0 Å². The summed E-state index contributed by atoms with van der Waals surface area (Å²) in [5.74, 6) is -0.322. The van der Waals surface area contributed by atoms with E-state index < -0.39 is 0 Å². The van der Waals surface area contributed by atoms with Gasteiger partial charge in [-0.2, -0.15) is 0 Å². The lowest BCUT2D eigenvalue weighted by Gasteiger charge is -2.36. The van der Waals surface area contributed by atoms with Gasteiger partial charge < -0.3 is 19.1 Å². The lowest BCUT2D eigenvalue weighted by Crippen LogP contribution is -2.39. The van der Waals surface area contributed by atoms with Crippen LogP contribution in [0.15, 0.2) is 30.3 Å². The maximum atomic E-state index is 6.08. The summed E-state index contributed by atoms with van der Waals surface area (Å²) in [5, 5.41) is 0. The molecular formula is C20H33NO3. The second kappa shape index (κ2) is 10.8. The van der Waals surface area contributed by atoms with Crippen LogP contribution in [0.5, 0.6) is 0 Å². The topological polar surface area (TPSA) is 30.9 Å². The molecule has 0 radical (unpaired) electrons. The Labute approximate surface area is 147 Å². The summed E-state index contributed by atoms with van der Waals surface area (Å²) in [6, 6.07) is 10.3. The van der Waals surface area contributed by atoms with E-state index in [0.717, 1.165) is 45.6 Å². The van der Waals surface area contributed by atoms with Crippen molar-refractivity contribution in [3.05, 3.63) is 35.9 Å². The molecule has 0 aromatic heterocycles. The molecule has 1 aliphatic rings. The van der Waals surface area contributed by atoms with Crippen LogP contribution in [0.3, 0.4) is 0 Å². The number of benzene rings is 1. The molecule has 0 spiro atoms. The number of methoxy groups -OCH3 is 1. The SMILES string of the molecule is COC1(OCCN(C)CCCOCc2ccccc2)CCCCC1. The number of likely N-dealkylation sites (N-methyl/N-ethyl adjacent to an activating group) is 1. The van der Waals surface area contributed by atoms with Gasteiger partial charge in [0.15, 0.2) is 5.79 Å². The maximum absolute atomic E-state index is 6.08. The van der Waals surface area contributed by atoms with Gasteiger partial charge in [0, 0.05) is 39.6 Å². The Morgan fingerprint density at radius 3 is 2.46 bits per heavy atom. The summed E-state index contributed by atoms with van der Waals surface area (Å²) in [7, 11) is 3.92. The van der Waals surface area contributed by atoms with Gasteiger partial charge in [0.25, 0.3) is 0 Å². The number of rotatable bonds is 11. The summed E-state index contributed by atoms with van der Waals surface area (Å²) < 4.78 is 17.5. The number of nitrogens with zero attached hydrogens (tertiary/aromatic N) is 1. The zero-order valence-electron chi connectivity index (χ0n) is 15.3. The third kappa shape index (κ3) is 6.89. The van der Waals surface area contributed by atoms with Crippen molar-refractivity contribution in [3.63, 3.8) is 0 Å². The monoisotopic (exact) mass is 335 g/mol. The average Bonchev–Trinajstić information content (AvgIpc) is 2.63. The van der Waals surface area contributed by atoms with Crippen LogP contribution in [0.4, 0.5) is 0 Å².